The Morgan fingerprint density at radius 1 is 1.07 bits per heavy atom. The van der Waals surface area contributed by atoms with Crippen molar-refractivity contribution >= 4 is 23.5 Å². The third-order valence-electron chi connectivity index (χ3n) is 5.85. The molecule has 30 heavy (non-hydrogen) atoms. The number of hydrogen-bond donors (Lipinski definition) is 2. The molecule has 0 saturated carbocycles. The molecular formula is C21H31N5O4. The van der Waals surface area contributed by atoms with Crippen LogP contribution in [0.5, 0.6) is 0 Å². The minimum absolute atomic E-state index is 0.0924. The molecule has 0 aliphatic carbocycles. The zero-order chi connectivity index (χ0) is 21.7. The van der Waals surface area contributed by atoms with E-state index >= 15 is 0 Å². The maximum atomic E-state index is 12.9. The number of pyridine rings is 1. The molecule has 3 rings (SSSR count). The van der Waals surface area contributed by atoms with Crippen LogP contribution in [0.1, 0.15) is 43.5 Å². The summed E-state index contributed by atoms with van der Waals surface area (Å²) < 4.78 is 0. The third-order valence-corrected chi connectivity index (χ3v) is 5.85. The van der Waals surface area contributed by atoms with Gasteiger partial charge in [-0.3, -0.25) is 19.3 Å². The van der Waals surface area contributed by atoms with Gasteiger partial charge < -0.3 is 20.2 Å². The van der Waals surface area contributed by atoms with Gasteiger partial charge in [0.15, 0.2) is 0 Å². The highest BCUT2D eigenvalue weighted by molar-refractivity contribution is 5.96. The van der Waals surface area contributed by atoms with E-state index in [0.29, 0.717) is 56.9 Å². The second-order valence-electron chi connectivity index (χ2n) is 8.26. The molecule has 2 N–H and O–H groups in total. The largest absolute Gasteiger partial charge is 0.388 e. The number of aromatic nitrogens is 1. The van der Waals surface area contributed by atoms with Crippen LogP contribution in [0.4, 0.5) is 5.82 Å². The predicted molar refractivity (Wildman–Crippen MR) is 112 cm³/mol. The zero-order valence-electron chi connectivity index (χ0n) is 17.8. The molecule has 0 bridgehead atoms. The van der Waals surface area contributed by atoms with Crippen LogP contribution >= 0.6 is 0 Å². The van der Waals surface area contributed by atoms with E-state index in [2.05, 4.69) is 15.2 Å². The van der Waals surface area contributed by atoms with Crippen LogP contribution < -0.4 is 5.32 Å². The van der Waals surface area contributed by atoms with Crippen molar-refractivity contribution in [2.45, 2.75) is 38.7 Å². The Morgan fingerprint density at radius 2 is 1.80 bits per heavy atom. The maximum Gasteiger partial charge on any atom is 0.254 e. The lowest BCUT2D eigenvalue weighted by molar-refractivity contribution is -0.131. The van der Waals surface area contributed by atoms with E-state index in [4.69, 9.17) is 0 Å². The second kappa shape index (κ2) is 9.53. The summed E-state index contributed by atoms with van der Waals surface area (Å²) in [5.41, 5.74) is -0.368. The first-order valence-electron chi connectivity index (χ1n) is 10.5. The first kappa shape index (κ1) is 22.2. The topological polar surface area (TPSA) is 106 Å². The Labute approximate surface area is 177 Å². The van der Waals surface area contributed by atoms with Gasteiger partial charge in [-0.2, -0.15) is 0 Å². The minimum atomic E-state index is -0.840. The van der Waals surface area contributed by atoms with Crippen LogP contribution in [-0.4, -0.2) is 93.9 Å². The molecule has 3 amide bonds. The first-order valence-corrected chi connectivity index (χ1v) is 10.5. The predicted octanol–water partition coefficient (Wildman–Crippen LogP) is 0.561. The van der Waals surface area contributed by atoms with Crippen molar-refractivity contribution < 1.29 is 19.5 Å². The number of anilines is 1. The highest BCUT2D eigenvalue weighted by Crippen LogP contribution is 2.25. The summed E-state index contributed by atoms with van der Waals surface area (Å²) >= 11 is 0. The summed E-state index contributed by atoms with van der Waals surface area (Å²) in [6, 6.07) is 3.22. The van der Waals surface area contributed by atoms with Crippen molar-refractivity contribution in [3.63, 3.8) is 0 Å². The summed E-state index contributed by atoms with van der Waals surface area (Å²) in [4.78, 5) is 45.5. The van der Waals surface area contributed by atoms with E-state index in [1.165, 1.54) is 13.1 Å². The molecule has 1 aromatic heterocycles. The molecule has 2 saturated heterocycles. The van der Waals surface area contributed by atoms with Crippen molar-refractivity contribution in [1.82, 2.24) is 19.7 Å². The quantitative estimate of drug-likeness (QED) is 0.742. The molecule has 1 atom stereocenters. The molecule has 2 aliphatic heterocycles. The van der Waals surface area contributed by atoms with Crippen LogP contribution in [-0.2, 0) is 9.59 Å². The van der Waals surface area contributed by atoms with Gasteiger partial charge in [0.2, 0.25) is 11.8 Å². The molecule has 9 heteroatoms. The highest BCUT2D eigenvalue weighted by atomic mass is 16.3. The van der Waals surface area contributed by atoms with Gasteiger partial charge in [0.25, 0.3) is 5.91 Å². The number of nitrogens with zero attached hydrogens (tertiary/aromatic N) is 4. The number of piperazine rings is 1. The molecule has 9 nitrogen and oxygen atoms in total. The van der Waals surface area contributed by atoms with Gasteiger partial charge in [-0.15, -0.1) is 0 Å². The molecular weight excluding hydrogens is 386 g/mol. The van der Waals surface area contributed by atoms with E-state index in [0.717, 1.165) is 19.5 Å². The van der Waals surface area contributed by atoms with Crippen LogP contribution in [0.25, 0.3) is 0 Å². The molecule has 0 aromatic carbocycles. The number of nitrogens with one attached hydrogen (secondary N) is 1. The average molecular weight is 418 g/mol. The van der Waals surface area contributed by atoms with Gasteiger partial charge in [0, 0.05) is 71.4 Å². The smallest absolute Gasteiger partial charge is 0.254 e. The summed E-state index contributed by atoms with van der Waals surface area (Å²) in [5.74, 6) is 0.0820. The van der Waals surface area contributed by atoms with Crippen molar-refractivity contribution in [3.05, 3.63) is 23.9 Å². The van der Waals surface area contributed by atoms with Crippen LogP contribution in [0.2, 0.25) is 0 Å². The van der Waals surface area contributed by atoms with Crippen LogP contribution in [0, 0.1) is 0 Å². The number of β-amino-alcohol motifs (C(OH)–C–C–N with tert-alkyl or cyclic N) is 1. The number of amides is 3. The van der Waals surface area contributed by atoms with E-state index in [1.807, 2.05) is 4.90 Å². The lowest BCUT2D eigenvalue weighted by Crippen LogP contribution is -2.53. The molecule has 0 spiro atoms. The SMILES string of the molecule is CC(=O)Nc1cc(C(=O)N2CCC[C@](O)(CN3CCN(C(C)=O)CC3)CC2)ccn1. The fourth-order valence-corrected chi connectivity index (χ4v) is 4.17. The number of carbonyl (C=O) groups is 3. The summed E-state index contributed by atoms with van der Waals surface area (Å²) in [6.45, 7) is 7.48. The fourth-order valence-electron chi connectivity index (χ4n) is 4.17. The Kier molecular flexibility index (Phi) is 7.04. The minimum Gasteiger partial charge on any atom is -0.388 e. The molecule has 2 aliphatic rings. The Balaban J connectivity index is 1.57. The van der Waals surface area contributed by atoms with Crippen molar-refractivity contribution in [3.8, 4) is 0 Å². The Bertz CT molecular complexity index is 793. The van der Waals surface area contributed by atoms with Gasteiger partial charge >= 0.3 is 0 Å². The van der Waals surface area contributed by atoms with Crippen molar-refractivity contribution in [2.75, 3.05) is 51.1 Å². The maximum absolute atomic E-state index is 12.9. The van der Waals surface area contributed by atoms with Crippen LogP contribution in [0.3, 0.4) is 0 Å². The van der Waals surface area contributed by atoms with Gasteiger partial charge in [-0.1, -0.05) is 0 Å². The first-order chi connectivity index (χ1) is 14.3. The monoisotopic (exact) mass is 417 g/mol. The second-order valence-corrected chi connectivity index (χ2v) is 8.26. The van der Waals surface area contributed by atoms with Gasteiger partial charge in [0.1, 0.15) is 5.82 Å². The van der Waals surface area contributed by atoms with E-state index in [-0.39, 0.29) is 17.7 Å². The van der Waals surface area contributed by atoms with Gasteiger partial charge in [-0.05, 0) is 31.4 Å². The molecule has 3 heterocycles. The number of aliphatic hydroxyl groups is 1. The zero-order valence-corrected chi connectivity index (χ0v) is 17.8. The van der Waals surface area contributed by atoms with E-state index < -0.39 is 5.60 Å². The standard InChI is InChI=1S/C21H31N5O4/c1-16(27)23-19-14-18(4-7-22-19)20(29)26-8-3-5-21(30,6-9-26)15-24-10-12-25(13-11-24)17(2)28/h4,7,14,30H,3,5-6,8-13,15H2,1-2H3,(H,22,23,27)/t21-/m1/s1. The van der Waals surface area contributed by atoms with E-state index in [1.54, 1.807) is 24.0 Å². The number of carbonyl (C=O) groups excluding carboxylic acids is 3. The lowest BCUT2D eigenvalue weighted by atomic mass is 9.94. The third kappa shape index (κ3) is 5.76. The molecule has 0 unspecified atom stereocenters. The van der Waals surface area contributed by atoms with E-state index in [9.17, 15) is 19.5 Å². The molecule has 164 valence electrons. The van der Waals surface area contributed by atoms with Gasteiger partial charge in [-0.25, -0.2) is 4.98 Å². The lowest BCUT2D eigenvalue weighted by Gasteiger charge is -2.39. The number of hydrogen-bond acceptors (Lipinski definition) is 6. The summed E-state index contributed by atoms with van der Waals surface area (Å²) in [7, 11) is 0. The Morgan fingerprint density at radius 3 is 2.47 bits per heavy atom. The molecule has 1 aromatic rings. The fraction of sp³-hybridized carbons (Fsp3) is 0.619. The normalized spacial score (nSPS) is 23.0. The molecule has 0 radical (unpaired) electrons. The Hall–Kier alpha value is -2.52. The summed E-state index contributed by atoms with van der Waals surface area (Å²) in [5, 5.41) is 13.8. The average Bonchev–Trinajstić information content (AvgIpc) is 2.89. The number of rotatable bonds is 4. The van der Waals surface area contributed by atoms with Crippen LogP contribution in [0.15, 0.2) is 18.3 Å². The summed E-state index contributed by atoms with van der Waals surface area (Å²) in [6.07, 6.45) is 3.37. The van der Waals surface area contributed by atoms with Crippen molar-refractivity contribution in [2.24, 2.45) is 0 Å². The van der Waals surface area contributed by atoms with Gasteiger partial charge in [0.05, 0.1) is 5.60 Å². The number of likely N-dealkylation sites (tertiary alicyclic amines) is 1. The van der Waals surface area contributed by atoms with Crippen molar-refractivity contribution in [1.29, 1.82) is 0 Å². The molecule has 2 fully saturated rings. The highest BCUT2D eigenvalue weighted by Gasteiger charge is 2.34.